The minimum absolute atomic E-state index is 0.155. The van der Waals surface area contributed by atoms with Gasteiger partial charge in [-0.1, -0.05) is 18.2 Å². The second-order valence-electron chi connectivity index (χ2n) is 6.01. The van der Waals surface area contributed by atoms with Crippen LogP contribution in [0.2, 0.25) is 0 Å². The molecular weight excluding hydrogens is 288 g/mol. The van der Waals surface area contributed by atoms with Gasteiger partial charge in [0.2, 0.25) is 5.91 Å². The maximum absolute atomic E-state index is 11.6. The molecule has 0 saturated carbocycles. The number of likely N-dealkylation sites (tertiary alicyclic amines) is 1. The van der Waals surface area contributed by atoms with Crippen molar-refractivity contribution in [2.75, 3.05) is 20.2 Å². The number of piperidine rings is 1. The predicted molar refractivity (Wildman–Crippen MR) is 90.5 cm³/mol. The highest BCUT2D eigenvalue weighted by molar-refractivity contribution is 5.73. The Kier molecular flexibility index (Phi) is 4.60. The second-order valence-corrected chi connectivity index (χ2v) is 6.01. The highest BCUT2D eigenvalue weighted by Crippen LogP contribution is 2.28. The molecule has 2 aromatic rings. The minimum atomic E-state index is 0.155. The third-order valence-electron chi connectivity index (χ3n) is 4.47. The van der Waals surface area contributed by atoms with Crippen LogP contribution in [0.3, 0.4) is 0 Å². The fourth-order valence-corrected chi connectivity index (χ4v) is 3.12. The van der Waals surface area contributed by atoms with Gasteiger partial charge < -0.3 is 9.64 Å². The Morgan fingerprint density at radius 1 is 1.26 bits per heavy atom. The van der Waals surface area contributed by atoms with Crippen molar-refractivity contribution in [1.29, 1.82) is 0 Å². The molecule has 1 fully saturated rings. The molecule has 3 rings (SSSR count). The van der Waals surface area contributed by atoms with Crippen molar-refractivity contribution >= 4 is 5.91 Å². The Bertz CT molecular complexity index is 682. The van der Waals surface area contributed by atoms with Crippen LogP contribution in [-0.4, -0.2) is 36.0 Å². The van der Waals surface area contributed by atoms with Gasteiger partial charge in [0.15, 0.2) is 0 Å². The zero-order valence-electron chi connectivity index (χ0n) is 13.7. The SMILES string of the molecule is COc1cccc(-c2ccc(C3CCCN(C(C)=O)C3)nc2)c1. The summed E-state index contributed by atoms with van der Waals surface area (Å²) in [4.78, 5) is 18.1. The zero-order valence-corrected chi connectivity index (χ0v) is 13.7. The highest BCUT2D eigenvalue weighted by Gasteiger charge is 2.23. The molecule has 1 aromatic heterocycles. The van der Waals surface area contributed by atoms with Crippen LogP contribution in [0, 0.1) is 0 Å². The van der Waals surface area contributed by atoms with Crippen LogP contribution in [0.5, 0.6) is 5.75 Å². The molecule has 0 N–H and O–H groups in total. The number of methoxy groups -OCH3 is 1. The number of benzene rings is 1. The molecule has 1 unspecified atom stereocenters. The topological polar surface area (TPSA) is 42.4 Å². The first-order valence-corrected chi connectivity index (χ1v) is 8.03. The minimum Gasteiger partial charge on any atom is -0.497 e. The third-order valence-corrected chi connectivity index (χ3v) is 4.47. The summed E-state index contributed by atoms with van der Waals surface area (Å²) in [6.07, 6.45) is 4.05. The molecule has 1 aliphatic heterocycles. The van der Waals surface area contributed by atoms with E-state index in [0.717, 1.165) is 48.5 Å². The van der Waals surface area contributed by atoms with Crippen molar-refractivity contribution in [2.45, 2.75) is 25.7 Å². The molecule has 1 amide bonds. The number of carbonyl (C=O) groups excluding carboxylic acids is 1. The summed E-state index contributed by atoms with van der Waals surface area (Å²) in [6, 6.07) is 12.2. The van der Waals surface area contributed by atoms with Crippen LogP contribution in [0.15, 0.2) is 42.6 Å². The van der Waals surface area contributed by atoms with Gasteiger partial charge in [-0.15, -0.1) is 0 Å². The van der Waals surface area contributed by atoms with E-state index in [4.69, 9.17) is 4.74 Å². The largest absolute Gasteiger partial charge is 0.497 e. The summed E-state index contributed by atoms with van der Waals surface area (Å²) in [5.74, 6) is 1.34. The predicted octanol–water partition coefficient (Wildman–Crippen LogP) is 3.48. The van der Waals surface area contributed by atoms with E-state index in [1.54, 1.807) is 14.0 Å². The second kappa shape index (κ2) is 6.82. The molecule has 1 aliphatic rings. The van der Waals surface area contributed by atoms with E-state index >= 15 is 0 Å². The molecule has 0 aliphatic carbocycles. The van der Waals surface area contributed by atoms with Gasteiger partial charge in [-0.25, -0.2) is 0 Å². The highest BCUT2D eigenvalue weighted by atomic mass is 16.5. The smallest absolute Gasteiger partial charge is 0.219 e. The number of carbonyl (C=O) groups is 1. The number of hydrogen-bond acceptors (Lipinski definition) is 3. The van der Waals surface area contributed by atoms with Crippen molar-refractivity contribution in [2.24, 2.45) is 0 Å². The Hall–Kier alpha value is -2.36. The van der Waals surface area contributed by atoms with Gasteiger partial charge in [0.1, 0.15) is 5.75 Å². The molecule has 1 atom stereocenters. The summed E-state index contributed by atoms with van der Waals surface area (Å²) < 4.78 is 5.27. The van der Waals surface area contributed by atoms with Gasteiger partial charge in [0, 0.05) is 43.4 Å². The quantitative estimate of drug-likeness (QED) is 0.871. The lowest BCUT2D eigenvalue weighted by atomic mass is 9.93. The van der Waals surface area contributed by atoms with Crippen molar-refractivity contribution in [1.82, 2.24) is 9.88 Å². The van der Waals surface area contributed by atoms with E-state index in [1.807, 2.05) is 29.3 Å². The lowest BCUT2D eigenvalue weighted by Crippen LogP contribution is -2.37. The molecule has 1 saturated heterocycles. The zero-order chi connectivity index (χ0) is 16.2. The standard InChI is InChI=1S/C19H22N2O2/c1-14(22)21-10-4-6-17(13-21)19-9-8-16(12-20-19)15-5-3-7-18(11-15)23-2/h3,5,7-9,11-12,17H,4,6,10,13H2,1-2H3. The molecule has 2 heterocycles. The van der Waals surface area contributed by atoms with Crippen molar-refractivity contribution in [3.8, 4) is 16.9 Å². The van der Waals surface area contributed by atoms with Crippen LogP contribution >= 0.6 is 0 Å². The normalized spacial score (nSPS) is 17.8. The lowest BCUT2D eigenvalue weighted by molar-refractivity contribution is -0.130. The Labute approximate surface area is 137 Å². The molecule has 120 valence electrons. The number of amides is 1. The van der Waals surface area contributed by atoms with Gasteiger partial charge in [-0.05, 0) is 36.6 Å². The number of ether oxygens (including phenoxy) is 1. The van der Waals surface area contributed by atoms with Gasteiger partial charge in [-0.2, -0.15) is 0 Å². The van der Waals surface area contributed by atoms with E-state index in [-0.39, 0.29) is 5.91 Å². The monoisotopic (exact) mass is 310 g/mol. The Morgan fingerprint density at radius 3 is 2.83 bits per heavy atom. The molecule has 0 radical (unpaired) electrons. The van der Waals surface area contributed by atoms with E-state index in [0.29, 0.717) is 5.92 Å². The summed E-state index contributed by atoms with van der Waals surface area (Å²) in [6.45, 7) is 3.29. The van der Waals surface area contributed by atoms with Crippen molar-refractivity contribution in [3.63, 3.8) is 0 Å². The average molecular weight is 310 g/mol. The van der Waals surface area contributed by atoms with Gasteiger partial charge >= 0.3 is 0 Å². The maximum atomic E-state index is 11.6. The van der Waals surface area contributed by atoms with E-state index in [9.17, 15) is 4.79 Å². The van der Waals surface area contributed by atoms with Crippen LogP contribution in [0.1, 0.15) is 31.4 Å². The van der Waals surface area contributed by atoms with E-state index in [2.05, 4.69) is 23.2 Å². The van der Waals surface area contributed by atoms with Gasteiger partial charge in [-0.3, -0.25) is 9.78 Å². The lowest BCUT2D eigenvalue weighted by Gasteiger charge is -2.31. The average Bonchev–Trinajstić information content (AvgIpc) is 2.62. The van der Waals surface area contributed by atoms with Crippen molar-refractivity contribution < 1.29 is 9.53 Å². The van der Waals surface area contributed by atoms with Gasteiger partial charge in [0.05, 0.1) is 7.11 Å². The van der Waals surface area contributed by atoms with Gasteiger partial charge in [0.25, 0.3) is 0 Å². The molecule has 0 spiro atoms. The molecule has 0 bridgehead atoms. The van der Waals surface area contributed by atoms with Crippen LogP contribution in [0.4, 0.5) is 0 Å². The molecule has 4 nitrogen and oxygen atoms in total. The fourth-order valence-electron chi connectivity index (χ4n) is 3.12. The molecule has 1 aromatic carbocycles. The number of hydrogen-bond donors (Lipinski definition) is 0. The first-order valence-electron chi connectivity index (χ1n) is 8.03. The summed E-state index contributed by atoms with van der Waals surface area (Å²) in [5.41, 5.74) is 3.24. The number of rotatable bonds is 3. The maximum Gasteiger partial charge on any atom is 0.219 e. The molecule has 4 heteroatoms. The van der Waals surface area contributed by atoms with Crippen LogP contribution in [0.25, 0.3) is 11.1 Å². The number of aromatic nitrogens is 1. The van der Waals surface area contributed by atoms with E-state index < -0.39 is 0 Å². The van der Waals surface area contributed by atoms with Crippen molar-refractivity contribution in [3.05, 3.63) is 48.3 Å². The first kappa shape index (κ1) is 15.5. The van der Waals surface area contributed by atoms with Crippen LogP contribution in [-0.2, 0) is 4.79 Å². The third kappa shape index (κ3) is 3.52. The van der Waals surface area contributed by atoms with E-state index in [1.165, 1.54) is 0 Å². The number of pyridine rings is 1. The first-order chi connectivity index (χ1) is 11.2. The van der Waals surface area contributed by atoms with Crippen LogP contribution < -0.4 is 4.74 Å². The number of nitrogens with zero attached hydrogens (tertiary/aromatic N) is 2. The molecule has 23 heavy (non-hydrogen) atoms. The molecular formula is C19H22N2O2. The summed E-state index contributed by atoms with van der Waals surface area (Å²) in [7, 11) is 1.67. The Morgan fingerprint density at radius 2 is 2.13 bits per heavy atom. The fraction of sp³-hybridized carbons (Fsp3) is 0.368. The summed E-state index contributed by atoms with van der Waals surface area (Å²) in [5, 5.41) is 0. The Balaban J connectivity index is 1.77. The summed E-state index contributed by atoms with van der Waals surface area (Å²) >= 11 is 0.